The molecule has 4 nitrogen and oxygen atoms in total. The largest absolute Gasteiger partial charge is 0.373 e. The van der Waals surface area contributed by atoms with Crippen LogP contribution in [0, 0.1) is 10.1 Å². The van der Waals surface area contributed by atoms with E-state index >= 15 is 0 Å². The van der Waals surface area contributed by atoms with Crippen LogP contribution < -0.4 is 5.32 Å². The Morgan fingerprint density at radius 1 is 0.897 bits per heavy atom. The highest BCUT2D eigenvalue weighted by molar-refractivity contribution is 8.08. The summed E-state index contributed by atoms with van der Waals surface area (Å²) in [5.74, 6) is 0. The summed E-state index contributed by atoms with van der Waals surface area (Å²) in [6.45, 7) is 0. The van der Waals surface area contributed by atoms with E-state index in [0.717, 1.165) is 21.7 Å². The molecule has 0 saturated heterocycles. The van der Waals surface area contributed by atoms with Crippen LogP contribution in [0.5, 0.6) is 0 Å². The molecule has 0 bridgehead atoms. The first kappa shape index (κ1) is 19.6. The quantitative estimate of drug-likeness (QED) is 0.387. The van der Waals surface area contributed by atoms with Gasteiger partial charge in [0, 0.05) is 20.5 Å². The molecule has 0 fully saturated rings. The molecular weight excluding hydrogens is 404 g/mol. The van der Waals surface area contributed by atoms with E-state index in [1.54, 1.807) is 23.9 Å². The van der Waals surface area contributed by atoms with E-state index in [4.69, 9.17) is 11.6 Å². The maximum absolute atomic E-state index is 12.1. The molecule has 146 valence electrons. The van der Waals surface area contributed by atoms with Gasteiger partial charge in [0.2, 0.25) is 0 Å². The number of rotatable bonds is 5. The van der Waals surface area contributed by atoms with Gasteiger partial charge in [-0.05, 0) is 41.5 Å². The Balaban J connectivity index is 1.77. The van der Waals surface area contributed by atoms with Crippen molar-refractivity contribution in [2.24, 2.45) is 0 Å². The average molecular weight is 423 g/mol. The Hall–Kier alpha value is -2.76. The van der Waals surface area contributed by atoms with Crippen molar-refractivity contribution in [1.82, 2.24) is 0 Å². The van der Waals surface area contributed by atoms with Crippen molar-refractivity contribution in [3.05, 3.63) is 117 Å². The monoisotopic (exact) mass is 422 g/mol. The zero-order valence-electron chi connectivity index (χ0n) is 15.4. The fourth-order valence-corrected chi connectivity index (χ4v) is 5.08. The number of nitrogens with one attached hydrogen (secondary N) is 1. The standard InChI is InChI=1S/C23H19ClN2O2S/c24-18-11-13-19(14-12-18)25-20-15-21(16-7-3-1-4-8-16)29-23(22(20)26(27)28)17-9-5-2-6-10-17/h1-15,20,22-23,25H/t20-,22-,23+/m0/s1. The fourth-order valence-electron chi connectivity index (χ4n) is 3.48. The van der Waals surface area contributed by atoms with Gasteiger partial charge in [0.15, 0.2) is 0 Å². The summed E-state index contributed by atoms with van der Waals surface area (Å²) in [6, 6.07) is 25.7. The lowest BCUT2D eigenvalue weighted by molar-refractivity contribution is -0.523. The van der Waals surface area contributed by atoms with Crippen molar-refractivity contribution < 1.29 is 4.92 Å². The van der Waals surface area contributed by atoms with Gasteiger partial charge in [-0.3, -0.25) is 10.1 Å². The first-order chi connectivity index (χ1) is 14.1. The summed E-state index contributed by atoms with van der Waals surface area (Å²) in [4.78, 5) is 13.0. The molecule has 1 aliphatic rings. The van der Waals surface area contributed by atoms with Crippen molar-refractivity contribution in [1.29, 1.82) is 0 Å². The summed E-state index contributed by atoms with van der Waals surface area (Å²) in [7, 11) is 0. The molecule has 0 aliphatic carbocycles. The van der Waals surface area contributed by atoms with Gasteiger partial charge in [0.1, 0.15) is 11.3 Å². The predicted octanol–water partition coefficient (Wildman–Crippen LogP) is 6.30. The molecule has 3 atom stereocenters. The van der Waals surface area contributed by atoms with Gasteiger partial charge >= 0.3 is 0 Å². The Labute approximate surface area is 178 Å². The molecule has 0 amide bonds. The molecule has 1 N–H and O–H groups in total. The van der Waals surface area contributed by atoms with Crippen LogP contribution in [0.1, 0.15) is 16.4 Å². The summed E-state index contributed by atoms with van der Waals surface area (Å²) < 4.78 is 0. The summed E-state index contributed by atoms with van der Waals surface area (Å²) in [5, 5.41) is 15.8. The predicted molar refractivity (Wildman–Crippen MR) is 121 cm³/mol. The lowest BCUT2D eigenvalue weighted by Crippen LogP contribution is -2.43. The average Bonchev–Trinajstić information content (AvgIpc) is 2.76. The Bertz CT molecular complexity index is 1010. The number of benzene rings is 3. The zero-order chi connectivity index (χ0) is 20.2. The number of halogens is 1. The molecule has 0 radical (unpaired) electrons. The topological polar surface area (TPSA) is 55.2 Å². The van der Waals surface area contributed by atoms with Gasteiger partial charge in [-0.1, -0.05) is 72.3 Å². The molecule has 0 aromatic heterocycles. The van der Waals surface area contributed by atoms with Crippen LogP contribution in [0.15, 0.2) is 91.0 Å². The number of hydrogen-bond donors (Lipinski definition) is 1. The highest BCUT2D eigenvalue weighted by Gasteiger charge is 2.43. The Kier molecular flexibility index (Phi) is 5.88. The van der Waals surface area contributed by atoms with Crippen LogP contribution in [0.2, 0.25) is 5.02 Å². The van der Waals surface area contributed by atoms with Crippen molar-refractivity contribution >= 4 is 34.0 Å². The van der Waals surface area contributed by atoms with Crippen molar-refractivity contribution in [2.45, 2.75) is 17.3 Å². The molecule has 3 aromatic carbocycles. The normalized spacial score (nSPS) is 21.3. The second-order valence-corrected chi connectivity index (χ2v) is 8.42. The SMILES string of the molecule is O=[N+]([O-])[C@H]1[C@@H](Nc2ccc(Cl)cc2)C=C(c2ccccc2)S[C@@H]1c1ccccc1. The third kappa shape index (κ3) is 4.47. The van der Waals surface area contributed by atoms with Gasteiger partial charge in [0.25, 0.3) is 6.04 Å². The highest BCUT2D eigenvalue weighted by Crippen LogP contribution is 2.48. The molecule has 3 aromatic rings. The minimum atomic E-state index is -0.814. The molecule has 4 rings (SSSR count). The van der Waals surface area contributed by atoms with Gasteiger partial charge in [-0.25, -0.2) is 0 Å². The van der Waals surface area contributed by atoms with E-state index in [9.17, 15) is 10.1 Å². The third-order valence-electron chi connectivity index (χ3n) is 4.87. The van der Waals surface area contributed by atoms with E-state index < -0.39 is 12.1 Å². The lowest BCUT2D eigenvalue weighted by atomic mass is 9.97. The maximum Gasteiger partial charge on any atom is 0.252 e. The second-order valence-electron chi connectivity index (χ2n) is 6.80. The van der Waals surface area contributed by atoms with Gasteiger partial charge in [0.05, 0.1) is 0 Å². The highest BCUT2D eigenvalue weighted by atomic mass is 35.5. The molecule has 29 heavy (non-hydrogen) atoms. The van der Waals surface area contributed by atoms with Crippen LogP contribution in [0.25, 0.3) is 4.91 Å². The maximum atomic E-state index is 12.1. The third-order valence-corrected chi connectivity index (χ3v) is 6.55. The summed E-state index contributed by atoms with van der Waals surface area (Å²) >= 11 is 7.54. The first-order valence-corrected chi connectivity index (χ1v) is 10.5. The van der Waals surface area contributed by atoms with Crippen molar-refractivity contribution in [3.8, 4) is 0 Å². The molecular formula is C23H19ClN2O2S. The number of nitro groups is 1. The van der Waals surface area contributed by atoms with Crippen LogP contribution in [0.4, 0.5) is 5.69 Å². The second kappa shape index (κ2) is 8.72. The van der Waals surface area contributed by atoms with Gasteiger partial charge < -0.3 is 5.32 Å². The molecule has 0 spiro atoms. The molecule has 0 saturated carbocycles. The Morgan fingerprint density at radius 3 is 2.14 bits per heavy atom. The Morgan fingerprint density at radius 2 is 1.52 bits per heavy atom. The van der Waals surface area contributed by atoms with Crippen LogP contribution in [-0.2, 0) is 0 Å². The van der Waals surface area contributed by atoms with Gasteiger partial charge in [-0.15, -0.1) is 11.8 Å². The first-order valence-electron chi connectivity index (χ1n) is 9.26. The van der Waals surface area contributed by atoms with E-state index in [1.807, 2.05) is 78.9 Å². The van der Waals surface area contributed by atoms with E-state index in [0.29, 0.717) is 5.02 Å². The number of hydrogen-bond acceptors (Lipinski definition) is 4. The number of anilines is 1. The fraction of sp³-hybridized carbons (Fsp3) is 0.130. The van der Waals surface area contributed by atoms with Gasteiger partial charge in [-0.2, -0.15) is 0 Å². The number of thioether (sulfide) groups is 1. The van der Waals surface area contributed by atoms with Crippen LogP contribution in [0.3, 0.4) is 0 Å². The summed E-state index contributed by atoms with van der Waals surface area (Å²) in [6.07, 6.45) is 1.97. The zero-order valence-corrected chi connectivity index (χ0v) is 17.0. The van der Waals surface area contributed by atoms with E-state index in [1.165, 1.54) is 0 Å². The van der Waals surface area contributed by atoms with Crippen molar-refractivity contribution in [3.63, 3.8) is 0 Å². The van der Waals surface area contributed by atoms with Crippen LogP contribution in [-0.4, -0.2) is 17.0 Å². The molecule has 6 heteroatoms. The van der Waals surface area contributed by atoms with E-state index in [2.05, 4.69) is 5.32 Å². The van der Waals surface area contributed by atoms with E-state index in [-0.39, 0.29) is 10.2 Å². The molecule has 1 heterocycles. The smallest absolute Gasteiger partial charge is 0.252 e. The molecule has 0 unspecified atom stereocenters. The van der Waals surface area contributed by atoms with Crippen LogP contribution >= 0.6 is 23.4 Å². The molecule has 1 aliphatic heterocycles. The number of nitrogens with zero attached hydrogens (tertiary/aromatic N) is 1. The van der Waals surface area contributed by atoms with Crippen molar-refractivity contribution in [2.75, 3.05) is 5.32 Å². The lowest BCUT2D eigenvalue weighted by Gasteiger charge is -2.32. The minimum absolute atomic E-state index is 0.170. The summed E-state index contributed by atoms with van der Waals surface area (Å²) in [5.41, 5.74) is 2.81. The minimum Gasteiger partial charge on any atom is -0.373 e.